The summed E-state index contributed by atoms with van der Waals surface area (Å²) < 4.78 is 31.9. The van der Waals surface area contributed by atoms with Crippen LogP contribution in [0, 0.1) is 11.3 Å². The highest BCUT2D eigenvalue weighted by Crippen LogP contribution is 2.42. The van der Waals surface area contributed by atoms with Crippen molar-refractivity contribution in [2.45, 2.75) is 70.6 Å². The van der Waals surface area contributed by atoms with E-state index in [1.54, 1.807) is 29.2 Å². The van der Waals surface area contributed by atoms with Gasteiger partial charge in [0, 0.05) is 24.6 Å². The van der Waals surface area contributed by atoms with Crippen LogP contribution in [-0.2, 0) is 24.3 Å². The molecule has 2 amide bonds. The number of hydrogen-bond acceptors (Lipinski definition) is 6. The number of hydrogen-bond donors (Lipinski definition) is 1. The zero-order valence-electron chi connectivity index (χ0n) is 20.9. The molecule has 4 fully saturated rings. The van der Waals surface area contributed by atoms with Crippen LogP contribution in [0.15, 0.2) is 24.3 Å². The quantitative estimate of drug-likeness (QED) is 0.640. The molecule has 3 saturated heterocycles. The minimum atomic E-state index is -3.34. The molecule has 1 saturated carbocycles. The Balaban J connectivity index is 1.37. The number of amides is 2. The van der Waals surface area contributed by atoms with Gasteiger partial charge in [-0.1, -0.05) is 26.7 Å². The van der Waals surface area contributed by atoms with Crippen LogP contribution in [0.3, 0.4) is 0 Å². The van der Waals surface area contributed by atoms with Crippen LogP contribution in [0.4, 0.5) is 5.69 Å². The van der Waals surface area contributed by atoms with Crippen molar-refractivity contribution in [2.75, 3.05) is 29.8 Å². The van der Waals surface area contributed by atoms with Crippen molar-refractivity contribution in [1.29, 1.82) is 0 Å². The molecule has 0 spiro atoms. The smallest absolute Gasteiger partial charge is 0.251 e. The summed E-state index contributed by atoms with van der Waals surface area (Å²) in [6.45, 7) is 4.91. The van der Waals surface area contributed by atoms with Crippen LogP contribution in [0.5, 0.6) is 0 Å². The van der Waals surface area contributed by atoms with Crippen molar-refractivity contribution < 1.29 is 27.5 Å². The van der Waals surface area contributed by atoms with Gasteiger partial charge in [0.2, 0.25) is 15.9 Å². The summed E-state index contributed by atoms with van der Waals surface area (Å²) in [7, 11) is -3.34. The molecule has 196 valence electrons. The van der Waals surface area contributed by atoms with E-state index in [1.165, 1.54) is 4.31 Å². The Morgan fingerprint density at radius 3 is 2.47 bits per heavy atom. The largest absolute Gasteiger partial charge is 0.367 e. The number of rotatable bonds is 5. The molecule has 1 aromatic carbocycles. The number of nitrogens with zero attached hydrogens (tertiary/aromatic N) is 2. The molecule has 3 aliphatic heterocycles. The minimum absolute atomic E-state index is 0.0246. The highest BCUT2D eigenvalue weighted by Gasteiger charge is 2.54. The van der Waals surface area contributed by atoms with Gasteiger partial charge in [0.05, 0.1) is 17.5 Å². The second kappa shape index (κ2) is 9.45. The SMILES string of the molecule is C[C@H]1CN(C(=O)[C@@H](NC(=O)c2ccc(N3CCCCS3(=O)=O)cc2)C2(C)CCCC2)[C@@H]2C(=O)CO[C@@H]21. The van der Waals surface area contributed by atoms with E-state index in [9.17, 15) is 22.8 Å². The Morgan fingerprint density at radius 2 is 1.81 bits per heavy atom. The Bertz CT molecular complexity index is 1140. The standard InChI is InChI=1S/C26H35N3O6S/c1-17-15-28(21-20(30)16-35-22(17)21)25(32)23(26(2)11-3-4-12-26)27-24(31)18-7-9-19(10-8-18)29-13-5-6-14-36(29,33)34/h7-10,17,21-23H,3-6,11-16H2,1-2H3,(H,27,31)/t17-,21+,22+,23+/m0/s1. The molecule has 4 aliphatic rings. The fourth-order valence-electron chi connectivity index (χ4n) is 6.36. The minimum Gasteiger partial charge on any atom is -0.367 e. The van der Waals surface area contributed by atoms with Crippen molar-refractivity contribution >= 4 is 33.3 Å². The number of likely N-dealkylation sites (tertiary alicyclic amines) is 1. The lowest BCUT2D eigenvalue weighted by Crippen LogP contribution is -2.57. The van der Waals surface area contributed by atoms with E-state index in [0.717, 1.165) is 32.1 Å². The average Bonchev–Trinajstić information content (AvgIpc) is 3.55. The fourth-order valence-corrected chi connectivity index (χ4v) is 8.00. The molecule has 0 aromatic heterocycles. The molecule has 4 atom stereocenters. The van der Waals surface area contributed by atoms with Crippen LogP contribution < -0.4 is 9.62 Å². The van der Waals surface area contributed by atoms with Crippen molar-refractivity contribution in [1.82, 2.24) is 10.2 Å². The van der Waals surface area contributed by atoms with E-state index in [-0.39, 0.29) is 42.0 Å². The first kappa shape index (κ1) is 25.2. The van der Waals surface area contributed by atoms with Crippen molar-refractivity contribution in [3.8, 4) is 0 Å². The number of Topliss-reactive ketones (excluding diaryl/α,β-unsaturated/α-hetero) is 1. The molecule has 0 radical (unpaired) electrons. The third-order valence-electron chi connectivity index (χ3n) is 8.46. The zero-order chi connectivity index (χ0) is 25.7. The second-order valence-electron chi connectivity index (χ2n) is 11.1. The molecule has 1 aromatic rings. The molecule has 3 heterocycles. The molecule has 10 heteroatoms. The summed E-state index contributed by atoms with van der Waals surface area (Å²) in [4.78, 5) is 41.4. The fraction of sp³-hybridized carbons (Fsp3) is 0.654. The van der Waals surface area contributed by atoms with Crippen LogP contribution in [0.1, 0.15) is 62.7 Å². The third kappa shape index (κ3) is 4.42. The Morgan fingerprint density at radius 1 is 1.11 bits per heavy atom. The summed E-state index contributed by atoms with van der Waals surface area (Å²) in [6, 6.07) is 5.17. The summed E-state index contributed by atoms with van der Waals surface area (Å²) >= 11 is 0. The summed E-state index contributed by atoms with van der Waals surface area (Å²) in [6.07, 6.45) is 4.78. The van der Waals surface area contributed by atoms with Gasteiger partial charge >= 0.3 is 0 Å². The lowest BCUT2D eigenvalue weighted by Gasteiger charge is -2.37. The maximum atomic E-state index is 13.9. The number of ketones is 1. The van der Waals surface area contributed by atoms with Crippen LogP contribution in [0.25, 0.3) is 0 Å². The lowest BCUT2D eigenvalue weighted by molar-refractivity contribution is -0.140. The number of carbonyl (C=O) groups is 3. The highest BCUT2D eigenvalue weighted by atomic mass is 32.2. The van der Waals surface area contributed by atoms with Gasteiger partial charge in [-0.2, -0.15) is 0 Å². The van der Waals surface area contributed by atoms with Crippen LogP contribution in [0.2, 0.25) is 0 Å². The average molecular weight is 518 g/mol. The Kier molecular flexibility index (Phi) is 6.61. The van der Waals surface area contributed by atoms with Gasteiger partial charge < -0.3 is 15.0 Å². The topological polar surface area (TPSA) is 113 Å². The maximum Gasteiger partial charge on any atom is 0.251 e. The molecule has 5 rings (SSSR count). The number of carbonyl (C=O) groups excluding carboxylic acids is 3. The molecule has 0 unspecified atom stereocenters. The Labute approximate surface area is 212 Å². The summed E-state index contributed by atoms with van der Waals surface area (Å²) in [5, 5.41) is 3.00. The molecular formula is C26H35N3O6S. The van der Waals surface area contributed by atoms with E-state index in [1.807, 2.05) is 13.8 Å². The predicted molar refractivity (Wildman–Crippen MR) is 134 cm³/mol. The molecule has 1 N–H and O–H groups in total. The normalized spacial score (nSPS) is 29.7. The number of fused-ring (bicyclic) bond motifs is 1. The van der Waals surface area contributed by atoms with Gasteiger partial charge in [-0.3, -0.25) is 18.7 Å². The van der Waals surface area contributed by atoms with Gasteiger partial charge in [-0.15, -0.1) is 0 Å². The van der Waals surface area contributed by atoms with E-state index in [0.29, 0.717) is 30.8 Å². The van der Waals surface area contributed by atoms with Crippen molar-refractivity contribution in [3.05, 3.63) is 29.8 Å². The van der Waals surface area contributed by atoms with Crippen molar-refractivity contribution in [3.63, 3.8) is 0 Å². The molecule has 1 aliphatic carbocycles. The zero-order valence-corrected chi connectivity index (χ0v) is 21.8. The highest BCUT2D eigenvalue weighted by molar-refractivity contribution is 7.92. The van der Waals surface area contributed by atoms with Gasteiger partial charge in [0.1, 0.15) is 18.7 Å². The summed E-state index contributed by atoms with van der Waals surface area (Å²) in [5.74, 6) is -0.504. The number of nitrogens with one attached hydrogen (secondary N) is 1. The maximum absolute atomic E-state index is 13.9. The third-order valence-corrected chi connectivity index (χ3v) is 10.3. The Hall–Kier alpha value is -2.46. The first-order chi connectivity index (χ1) is 17.1. The number of ether oxygens (including phenoxy) is 1. The van der Waals surface area contributed by atoms with Gasteiger partial charge in [0.15, 0.2) is 5.78 Å². The van der Waals surface area contributed by atoms with E-state index in [2.05, 4.69) is 5.32 Å². The molecular weight excluding hydrogens is 482 g/mol. The van der Waals surface area contributed by atoms with Gasteiger partial charge in [-0.25, -0.2) is 8.42 Å². The van der Waals surface area contributed by atoms with Crippen LogP contribution >= 0.6 is 0 Å². The van der Waals surface area contributed by atoms with Gasteiger partial charge in [-0.05, 0) is 55.4 Å². The number of benzene rings is 1. The second-order valence-corrected chi connectivity index (χ2v) is 13.1. The lowest BCUT2D eigenvalue weighted by atomic mass is 9.79. The molecule has 9 nitrogen and oxygen atoms in total. The number of sulfonamides is 1. The summed E-state index contributed by atoms with van der Waals surface area (Å²) in [5.41, 5.74) is 0.497. The predicted octanol–water partition coefficient (Wildman–Crippen LogP) is 2.11. The number of anilines is 1. The van der Waals surface area contributed by atoms with Crippen molar-refractivity contribution in [2.24, 2.45) is 11.3 Å². The van der Waals surface area contributed by atoms with E-state index < -0.39 is 27.5 Å². The van der Waals surface area contributed by atoms with Crippen LogP contribution in [-0.4, -0.2) is 74.6 Å². The van der Waals surface area contributed by atoms with Gasteiger partial charge in [0.25, 0.3) is 5.91 Å². The van der Waals surface area contributed by atoms with E-state index >= 15 is 0 Å². The molecule has 36 heavy (non-hydrogen) atoms. The molecule has 0 bridgehead atoms. The first-order valence-electron chi connectivity index (χ1n) is 13.0. The first-order valence-corrected chi connectivity index (χ1v) is 14.6. The monoisotopic (exact) mass is 517 g/mol. The van der Waals surface area contributed by atoms with E-state index in [4.69, 9.17) is 4.74 Å².